The molecule has 1 aromatic rings. The van der Waals surface area contributed by atoms with Crippen LogP contribution in [-0.2, 0) is 9.59 Å². The van der Waals surface area contributed by atoms with E-state index in [2.05, 4.69) is 0 Å². The van der Waals surface area contributed by atoms with Crippen LogP contribution in [0.15, 0.2) is 30.3 Å². The fraction of sp³-hybridized carbons (Fsp3) is 0.333. The first kappa shape index (κ1) is 14.6. The van der Waals surface area contributed by atoms with Crippen LogP contribution in [0.2, 0.25) is 5.02 Å². The molecule has 0 radical (unpaired) electrons. The van der Waals surface area contributed by atoms with Gasteiger partial charge in [0, 0.05) is 17.6 Å². The zero-order chi connectivity index (χ0) is 14.5. The third-order valence-electron chi connectivity index (χ3n) is 3.36. The molecule has 0 aliphatic carbocycles. The van der Waals surface area contributed by atoms with Crippen molar-refractivity contribution in [3.8, 4) is 0 Å². The molecule has 5 heteroatoms. The normalized spacial score (nSPS) is 19.2. The number of hydrogen-bond acceptors (Lipinski definition) is 2. The van der Waals surface area contributed by atoms with Crippen molar-refractivity contribution in [1.82, 2.24) is 4.90 Å². The maximum absolute atomic E-state index is 12.1. The van der Waals surface area contributed by atoms with Gasteiger partial charge in [-0.2, -0.15) is 0 Å². The van der Waals surface area contributed by atoms with Crippen LogP contribution in [0.25, 0.3) is 6.08 Å². The molecule has 1 fully saturated rings. The SMILES string of the molecule is O=C(O)[C@H]1CCCCN1C(=O)C=Cc1ccc(Cl)cc1. The van der Waals surface area contributed by atoms with Crippen molar-refractivity contribution in [3.05, 3.63) is 40.9 Å². The Balaban J connectivity index is 2.06. The minimum absolute atomic E-state index is 0.257. The molecule has 1 aliphatic heterocycles. The van der Waals surface area contributed by atoms with Crippen molar-refractivity contribution in [3.63, 3.8) is 0 Å². The summed E-state index contributed by atoms with van der Waals surface area (Å²) in [4.78, 5) is 24.7. The van der Waals surface area contributed by atoms with Gasteiger partial charge in [0.1, 0.15) is 6.04 Å². The van der Waals surface area contributed by atoms with Crippen molar-refractivity contribution >= 4 is 29.6 Å². The Morgan fingerprint density at radius 2 is 1.95 bits per heavy atom. The molecule has 0 unspecified atom stereocenters. The molecule has 1 N–H and O–H groups in total. The summed E-state index contributed by atoms with van der Waals surface area (Å²) in [6.45, 7) is 0.501. The number of likely N-dealkylation sites (tertiary alicyclic amines) is 1. The summed E-state index contributed by atoms with van der Waals surface area (Å²) in [6.07, 6.45) is 5.32. The van der Waals surface area contributed by atoms with Gasteiger partial charge in [-0.15, -0.1) is 0 Å². The van der Waals surface area contributed by atoms with Crippen LogP contribution in [0.4, 0.5) is 0 Å². The topological polar surface area (TPSA) is 57.6 Å². The first-order valence-corrected chi connectivity index (χ1v) is 6.93. The molecular formula is C15H16ClNO3. The van der Waals surface area contributed by atoms with E-state index in [0.29, 0.717) is 18.0 Å². The molecule has 1 aromatic carbocycles. The summed E-state index contributed by atoms with van der Waals surface area (Å²) in [6, 6.07) is 6.39. The number of carbonyl (C=O) groups excluding carboxylic acids is 1. The van der Waals surface area contributed by atoms with Crippen LogP contribution in [0.5, 0.6) is 0 Å². The van der Waals surface area contributed by atoms with Crippen LogP contribution in [-0.4, -0.2) is 34.5 Å². The standard InChI is InChI=1S/C15H16ClNO3/c16-12-7-4-11(5-8-12)6-9-14(18)17-10-2-1-3-13(17)15(19)20/h4-9,13H,1-3,10H2,(H,19,20)/t13-/m1/s1. The third kappa shape index (κ3) is 3.61. The number of carbonyl (C=O) groups is 2. The largest absolute Gasteiger partial charge is 0.480 e. The molecule has 1 aliphatic rings. The second-order valence-corrected chi connectivity index (χ2v) is 5.20. The lowest BCUT2D eigenvalue weighted by Gasteiger charge is -2.32. The van der Waals surface area contributed by atoms with Crippen LogP contribution in [0.1, 0.15) is 24.8 Å². The van der Waals surface area contributed by atoms with E-state index < -0.39 is 12.0 Å². The Hall–Kier alpha value is -1.81. The lowest BCUT2D eigenvalue weighted by molar-refractivity contribution is -0.150. The van der Waals surface area contributed by atoms with Crippen LogP contribution < -0.4 is 0 Å². The maximum atomic E-state index is 12.1. The highest BCUT2D eigenvalue weighted by Gasteiger charge is 2.30. The molecular weight excluding hydrogens is 278 g/mol. The van der Waals surface area contributed by atoms with Gasteiger partial charge < -0.3 is 10.0 Å². The summed E-state index contributed by atoms with van der Waals surface area (Å²) in [5.41, 5.74) is 0.853. The van der Waals surface area contributed by atoms with Gasteiger partial charge in [-0.25, -0.2) is 4.79 Å². The second kappa shape index (κ2) is 6.57. The number of carboxylic acids is 1. The molecule has 1 heterocycles. The highest BCUT2D eigenvalue weighted by molar-refractivity contribution is 6.30. The van der Waals surface area contributed by atoms with Crippen molar-refractivity contribution in [1.29, 1.82) is 0 Å². The lowest BCUT2D eigenvalue weighted by Crippen LogP contribution is -2.47. The van der Waals surface area contributed by atoms with E-state index in [4.69, 9.17) is 16.7 Å². The summed E-state index contributed by atoms with van der Waals surface area (Å²) in [5.74, 6) is -1.19. The Kier molecular flexibility index (Phi) is 4.79. The number of aliphatic carboxylic acids is 1. The van der Waals surface area contributed by atoms with Gasteiger partial charge in [0.15, 0.2) is 0 Å². The van der Waals surface area contributed by atoms with E-state index in [0.717, 1.165) is 18.4 Å². The summed E-state index contributed by atoms with van der Waals surface area (Å²) in [5, 5.41) is 9.78. The molecule has 2 rings (SSSR count). The summed E-state index contributed by atoms with van der Waals surface area (Å²) >= 11 is 5.79. The number of benzene rings is 1. The number of piperidine rings is 1. The zero-order valence-corrected chi connectivity index (χ0v) is 11.7. The van der Waals surface area contributed by atoms with Crippen LogP contribution in [0, 0.1) is 0 Å². The second-order valence-electron chi connectivity index (χ2n) is 4.77. The molecule has 0 spiro atoms. The molecule has 0 saturated carbocycles. The molecule has 1 amide bonds. The fourth-order valence-electron chi connectivity index (χ4n) is 2.29. The minimum atomic E-state index is -0.932. The summed E-state index contributed by atoms with van der Waals surface area (Å²) in [7, 11) is 0. The zero-order valence-electron chi connectivity index (χ0n) is 11.0. The minimum Gasteiger partial charge on any atom is -0.480 e. The van der Waals surface area contributed by atoms with Gasteiger partial charge in [0.2, 0.25) is 5.91 Å². The van der Waals surface area contributed by atoms with E-state index in [-0.39, 0.29) is 5.91 Å². The molecule has 4 nitrogen and oxygen atoms in total. The number of nitrogens with zero attached hydrogens (tertiary/aromatic N) is 1. The summed E-state index contributed by atoms with van der Waals surface area (Å²) < 4.78 is 0. The molecule has 20 heavy (non-hydrogen) atoms. The van der Waals surface area contributed by atoms with E-state index in [1.807, 2.05) is 0 Å². The van der Waals surface area contributed by atoms with Gasteiger partial charge in [-0.3, -0.25) is 4.79 Å². The van der Waals surface area contributed by atoms with E-state index in [9.17, 15) is 9.59 Å². The number of carboxylic acid groups (broad SMARTS) is 1. The Labute approximate surface area is 122 Å². The highest BCUT2D eigenvalue weighted by atomic mass is 35.5. The van der Waals surface area contributed by atoms with Gasteiger partial charge in [-0.1, -0.05) is 23.7 Å². The number of hydrogen-bond donors (Lipinski definition) is 1. The van der Waals surface area contributed by atoms with Crippen LogP contribution >= 0.6 is 11.6 Å². The molecule has 0 bridgehead atoms. The first-order valence-electron chi connectivity index (χ1n) is 6.55. The number of rotatable bonds is 3. The number of halogens is 1. The predicted octanol–water partition coefficient (Wildman–Crippen LogP) is 2.82. The van der Waals surface area contributed by atoms with E-state index in [1.165, 1.54) is 11.0 Å². The quantitative estimate of drug-likeness (QED) is 0.872. The maximum Gasteiger partial charge on any atom is 0.326 e. The van der Waals surface area contributed by atoms with Crippen molar-refractivity contribution in [2.75, 3.05) is 6.54 Å². The Bertz CT molecular complexity index is 524. The lowest BCUT2D eigenvalue weighted by atomic mass is 10.0. The van der Waals surface area contributed by atoms with E-state index in [1.54, 1.807) is 30.3 Å². The fourth-order valence-corrected chi connectivity index (χ4v) is 2.42. The van der Waals surface area contributed by atoms with Gasteiger partial charge in [0.05, 0.1) is 0 Å². The molecule has 106 valence electrons. The molecule has 0 aromatic heterocycles. The first-order chi connectivity index (χ1) is 9.58. The highest BCUT2D eigenvalue weighted by Crippen LogP contribution is 2.18. The molecule has 1 saturated heterocycles. The van der Waals surface area contributed by atoms with Crippen molar-refractivity contribution in [2.24, 2.45) is 0 Å². The van der Waals surface area contributed by atoms with Gasteiger partial charge >= 0.3 is 5.97 Å². The predicted molar refractivity (Wildman–Crippen MR) is 77.5 cm³/mol. The average Bonchev–Trinajstić information content (AvgIpc) is 2.46. The van der Waals surface area contributed by atoms with Gasteiger partial charge in [0.25, 0.3) is 0 Å². The van der Waals surface area contributed by atoms with Gasteiger partial charge in [-0.05, 0) is 43.0 Å². The monoisotopic (exact) mass is 293 g/mol. The average molecular weight is 294 g/mol. The van der Waals surface area contributed by atoms with Crippen LogP contribution in [0.3, 0.4) is 0 Å². The Morgan fingerprint density at radius 3 is 2.60 bits per heavy atom. The van der Waals surface area contributed by atoms with E-state index >= 15 is 0 Å². The third-order valence-corrected chi connectivity index (χ3v) is 3.61. The molecule has 1 atom stereocenters. The van der Waals surface area contributed by atoms with Crippen molar-refractivity contribution in [2.45, 2.75) is 25.3 Å². The number of amides is 1. The smallest absolute Gasteiger partial charge is 0.326 e. The Morgan fingerprint density at radius 1 is 1.25 bits per heavy atom. The van der Waals surface area contributed by atoms with Crippen molar-refractivity contribution < 1.29 is 14.7 Å².